The van der Waals surface area contributed by atoms with Crippen molar-refractivity contribution < 1.29 is 14.0 Å². The summed E-state index contributed by atoms with van der Waals surface area (Å²) in [5, 5.41) is 5.89. The van der Waals surface area contributed by atoms with Gasteiger partial charge >= 0.3 is 0 Å². The van der Waals surface area contributed by atoms with Crippen molar-refractivity contribution in [1.82, 2.24) is 15.5 Å². The van der Waals surface area contributed by atoms with Crippen LogP contribution in [-0.2, 0) is 22.7 Å². The highest BCUT2D eigenvalue weighted by Crippen LogP contribution is 2.17. The van der Waals surface area contributed by atoms with Crippen LogP contribution in [0.4, 0.5) is 4.39 Å². The number of carbonyl (C=O) groups excluding carboxylic acids is 2. The minimum atomic E-state index is -0.240. The summed E-state index contributed by atoms with van der Waals surface area (Å²) in [5.74, 6) is -0.209. The van der Waals surface area contributed by atoms with Gasteiger partial charge in [0.25, 0.3) is 0 Å². The predicted molar refractivity (Wildman–Crippen MR) is 110 cm³/mol. The van der Waals surface area contributed by atoms with Gasteiger partial charge in [0.1, 0.15) is 5.82 Å². The molecule has 0 aromatic heterocycles. The molecule has 1 aliphatic rings. The fraction of sp³-hybridized carbons (Fsp3) is 0.391. The Morgan fingerprint density at radius 1 is 1.00 bits per heavy atom. The fourth-order valence-electron chi connectivity index (χ4n) is 3.56. The molecule has 0 saturated carbocycles. The van der Waals surface area contributed by atoms with Crippen molar-refractivity contribution in [1.29, 1.82) is 0 Å². The molecule has 5 nitrogen and oxygen atoms in total. The van der Waals surface area contributed by atoms with E-state index in [9.17, 15) is 14.0 Å². The van der Waals surface area contributed by atoms with E-state index in [0.29, 0.717) is 25.2 Å². The number of likely N-dealkylation sites (tertiary alicyclic amines) is 1. The lowest BCUT2D eigenvalue weighted by molar-refractivity contribution is -0.127. The Labute approximate surface area is 171 Å². The summed E-state index contributed by atoms with van der Waals surface area (Å²) in [4.78, 5) is 26.7. The first-order valence-corrected chi connectivity index (χ1v) is 10.1. The molecule has 29 heavy (non-hydrogen) atoms. The smallest absolute Gasteiger partial charge is 0.234 e. The Balaban J connectivity index is 1.36. The summed E-state index contributed by atoms with van der Waals surface area (Å²) in [6, 6.07) is 14.7. The third-order valence-electron chi connectivity index (χ3n) is 5.35. The first kappa shape index (κ1) is 21.0. The quantitative estimate of drug-likeness (QED) is 0.755. The highest BCUT2D eigenvalue weighted by Gasteiger charge is 2.25. The highest BCUT2D eigenvalue weighted by atomic mass is 19.1. The van der Waals surface area contributed by atoms with Crippen molar-refractivity contribution >= 4 is 11.8 Å². The Hall–Kier alpha value is -2.73. The number of benzene rings is 2. The highest BCUT2D eigenvalue weighted by molar-refractivity contribution is 5.79. The zero-order valence-electron chi connectivity index (χ0n) is 16.8. The molecular weight excluding hydrogens is 369 g/mol. The number of halogens is 1. The van der Waals surface area contributed by atoms with Gasteiger partial charge in [-0.15, -0.1) is 0 Å². The molecule has 6 heteroatoms. The average molecular weight is 397 g/mol. The lowest BCUT2D eigenvalue weighted by atomic mass is 9.96. The van der Waals surface area contributed by atoms with E-state index in [1.807, 2.05) is 30.3 Å². The number of amides is 2. The first-order chi connectivity index (χ1) is 14.0. The van der Waals surface area contributed by atoms with Crippen LogP contribution in [0.15, 0.2) is 48.5 Å². The summed E-state index contributed by atoms with van der Waals surface area (Å²) in [6.45, 7) is 4.42. The number of carbonyl (C=O) groups is 2. The maximum Gasteiger partial charge on any atom is 0.234 e. The van der Waals surface area contributed by atoms with Gasteiger partial charge in [-0.1, -0.05) is 42.5 Å². The first-order valence-electron chi connectivity index (χ1n) is 10.1. The van der Waals surface area contributed by atoms with Crippen LogP contribution in [0.1, 0.15) is 29.5 Å². The lowest BCUT2D eigenvalue weighted by Gasteiger charge is -2.30. The maximum absolute atomic E-state index is 13.3. The van der Waals surface area contributed by atoms with Gasteiger partial charge in [-0.05, 0) is 55.6 Å². The van der Waals surface area contributed by atoms with Crippen LogP contribution in [0.5, 0.6) is 0 Å². The monoisotopic (exact) mass is 397 g/mol. The zero-order valence-corrected chi connectivity index (χ0v) is 16.8. The van der Waals surface area contributed by atoms with E-state index in [1.165, 1.54) is 6.07 Å². The van der Waals surface area contributed by atoms with E-state index in [1.54, 1.807) is 19.1 Å². The number of hydrogen-bond acceptors (Lipinski definition) is 3. The van der Waals surface area contributed by atoms with Crippen LogP contribution in [0.3, 0.4) is 0 Å². The third-order valence-corrected chi connectivity index (χ3v) is 5.35. The van der Waals surface area contributed by atoms with Crippen molar-refractivity contribution in [2.75, 3.05) is 19.6 Å². The molecule has 0 unspecified atom stereocenters. The average Bonchev–Trinajstić information content (AvgIpc) is 2.74. The van der Waals surface area contributed by atoms with Crippen LogP contribution in [0.2, 0.25) is 0 Å². The number of nitrogens with one attached hydrogen (secondary N) is 2. The van der Waals surface area contributed by atoms with Crippen LogP contribution < -0.4 is 10.6 Å². The molecule has 0 radical (unpaired) electrons. The Kier molecular flexibility index (Phi) is 7.36. The summed E-state index contributed by atoms with van der Waals surface area (Å²) >= 11 is 0. The molecule has 0 aliphatic carbocycles. The molecule has 1 fully saturated rings. The Bertz CT molecular complexity index is 833. The number of hydrogen-bond donors (Lipinski definition) is 2. The SMILES string of the molecule is Cc1cc(CNC(=O)CN2CCC(C(=O)NCc3ccccc3)CC2)ccc1F. The van der Waals surface area contributed by atoms with E-state index < -0.39 is 0 Å². The third kappa shape index (κ3) is 6.39. The minimum Gasteiger partial charge on any atom is -0.352 e. The summed E-state index contributed by atoms with van der Waals surface area (Å²) in [6.07, 6.45) is 1.51. The Morgan fingerprint density at radius 2 is 1.69 bits per heavy atom. The molecule has 1 saturated heterocycles. The zero-order chi connectivity index (χ0) is 20.6. The molecule has 2 N–H and O–H groups in total. The van der Waals surface area contributed by atoms with Gasteiger partial charge < -0.3 is 10.6 Å². The van der Waals surface area contributed by atoms with Gasteiger partial charge in [0.15, 0.2) is 0 Å². The van der Waals surface area contributed by atoms with Crippen molar-refractivity contribution in [2.24, 2.45) is 5.92 Å². The van der Waals surface area contributed by atoms with Crippen molar-refractivity contribution in [2.45, 2.75) is 32.9 Å². The lowest BCUT2D eigenvalue weighted by Crippen LogP contribution is -2.44. The van der Waals surface area contributed by atoms with Crippen LogP contribution in [0, 0.1) is 18.7 Å². The number of rotatable bonds is 7. The van der Waals surface area contributed by atoms with Gasteiger partial charge in [-0.3, -0.25) is 14.5 Å². The van der Waals surface area contributed by atoms with Gasteiger partial charge in [-0.2, -0.15) is 0 Å². The molecule has 0 atom stereocenters. The molecule has 2 aromatic carbocycles. The largest absolute Gasteiger partial charge is 0.352 e. The van der Waals surface area contributed by atoms with Gasteiger partial charge in [0.05, 0.1) is 6.54 Å². The van der Waals surface area contributed by atoms with Crippen molar-refractivity contribution in [3.8, 4) is 0 Å². The molecule has 1 aliphatic heterocycles. The molecule has 0 spiro atoms. The number of nitrogens with zero attached hydrogens (tertiary/aromatic N) is 1. The molecule has 2 amide bonds. The summed E-state index contributed by atoms with van der Waals surface area (Å²) in [5.41, 5.74) is 2.54. The maximum atomic E-state index is 13.3. The second-order valence-electron chi connectivity index (χ2n) is 7.61. The van der Waals surface area contributed by atoms with Crippen molar-refractivity contribution in [3.63, 3.8) is 0 Å². The molecule has 0 bridgehead atoms. The van der Waals surface area contributed by atoms with Gasteiger partial charge in [0.2, 0.25) is 11.8 Å². The standard InChI is InChI=1S/C23H28FN3O2/c1-17-13-19(7-8-21(17)24)15-25-22(28)16-27-11-9-20(10-12-27)23(29)26-14-18-5-3-2-4-6-18/h2-8,13,20H,9-12,14-16H2,1H3,(H,25,28)(H,26,29). The van der Waals surface area contributed by atoms with Crippen LogP contribution >= 0.6 is 0 Å². The molecule has 3 rings (SSSR count). The van der Waals surface area contributed by atoms with Gasteiger partial charge in [-0.25, -0.2) is 4.39 Å². The summed E-state index contributed by atoms with van der Waals surface area (Å²) < 4.78 is 13.3. The number of aryl methyl sites for hydroxylation is 1. The molecule has 154 valence electrons. The topological polar surface area (TPSA) is 61.4 Å². The van der Waals surface area contributed by atoms with Crippen LogP contribution in [0.25, 0.3) is 0 Å². The van der Waals surface area contributed by atoms with E-state index >= 15 is 0 Å². The normalized spacial score (nSPS) is 15.1. The second-order valence-corrected chi connectivity index (χ2v) is 7.61. The second kappa shape index (κ2) is 10.2. The molecular formula is C23H28FN3O2. The Morgan fingerprint density at radius 3 is 2.38 bits per heavy atom. The summed E-state index contributed by atoms with van der Waals surface area (Å²) in [7, 11) is 0. The van der Waals surface area contributed by atoms with Crippen LogP contribution in [-0.4, -0.2) is 36.3 Å². The van der Waals surface area contributed by atoms with E-state index in [0.717, 1.165) is 37.1 Å². The van der Waals surface area contributed by atoms with Gasteiger partial charge in [0, 0.05) is 19.0 Å². The minimum absolute atomic E-state index is 0.000198. The fourth-order valence-corrected chi connectivity index (χ4v) is 3.56. The number of piperidine rings is 1. The van der Waals surface area contributed by atoms with E-state index in [4.69, 9.17) is 0 Å². The van der Waals surface area contributed by atoms with E-state index in [-0.39, 0.29) is 23.5 Å². The van der Waals surface area contributed by atoms with Crippen molar-refractivity contribution in [3.05, 3.63) is 71.0 Å². The predicted octanol–water partition coefficient (Wildman–Crippen LogP) is 2.78. The molecule has 1 heterocycles. The molecule has 2 aromatic rings. The van der Waals surface area contributed by atoms with E-state index in [2.05, 4.69) is 15.5 Å².